The van der Waals surface area contributed by atoms with E-state index in [0.29, 0.717) is 33.7 Å². The van der Waals surface area contributed by atoms with Crippen molar-refractivity contribution in [3.8, 4) is 11.5 Å². The molecule has 0 aliphatic rings. The van der Waals surface area contributed by atoms with E-state index in [2.05, 4.69) is 31.4 Å². The quantitative estimate of drug-likeness (QED) is 0.215. The van der Waals surface area contributed by atoms with Crippen molar-refractivity contribution in [1.29, 1.82) is 0 Å². The fourth-order valence-electron chi connectivity index (χ4n) is 2.63. The lowest BCUT2D eigenvalue weighted by molar-refractivity contribution is -0.137. The van der Waals surface area contributed by atoms with Crippen molar-refractivity contribution in [2.45, 2.75) is 19.7 Å². The minimum absolute atomic E-state index is 0.0138. The number of anilines is 1. The van der Waals surface area contributed by atoms with Crippen LogP contribution in [0.25, 0.3) is 0 Å². The zero-order valence-corrected chi connectivity index (χ0v) is 18.4. The Bertz CT molecular complexity index is 1090. The summed E-state index contributed by atoms with van der Waals surface area (Å²) in [6.07, 6.45) is -2.27. The van der Waals surface area contributed by atoms with Gasteiger partial charge in [0.15, 0.2) is 11.5 Å². The van der Waals surface area contributed by atoms with Gasteiger partial charge in [0, 0.05) is 11.8 Å². The van der Waals surface area contributed by atoms with Crippen LogP contribution in [0.2, 0.25) is 0 Å². The van der Waals surface area contributed by atoms with Gasteiger partial charge in [0.2, 0.25) is 0 Å². The van der Waals surface area contributed by atoms with Crippen LogP contribution in [0.15, 0.2) is 64.3 Å². The summed E-state index contributed by atoms with van der Waals surface area (Å²) in [6, 6.07) is 11.8. The maximum absolute atomic E-state index is 13.9. The number of aromatic nitrogens is 1. The highest BCUT2D eigenvalue weighted by Gasteiger charge is 2.30. The molecule has 168 valence electrons. The number of nitrogens with one attached hydrogen (secondary N) is 1. The normalized spacial score (nSPS) is 11.6. The van der Waals surface area contributed by atoms with Crippen molar-refractivity contribution in [2.75, 3.05) is 12.0 Å². The largest absolute Gasteiger partial charge is 0.490 e. The smallest absolute Gasteiger partial charge is 0.417 e. The minimum atomic E-state index is -4.45. The van der Waals surface area contributed by atoms with E-state index in [1.54, 1.807) is 30.3 Å². The molecular formula is C22H18BrF4N3O2. The average molecular weight is 512 g/mol. The molecule has 1 N–H and O–H groups in total. The first-order valence-corrected chi connectivity index (χ1v) is 10.2. The minimum Gasteiger partial charge on any atom is -0.490 e. The van der Waals surface area contributed by atoms with Crippen molar-refractivity contribution in [1.82, 2.24) is 4.98 Å². The summed E-state index contributed by atoms with van der Waals surface area (Å²) in [6.45, 7) is 2.20. The van der Waals surface area contributed by atoms with Gasteiger partial charge in [-0.25, -0.2) is 9.37 Å². The number of benzene rings is 2. The Morgan fingerprint density at radius 1 is 1.12 bits per heavy atom. The van der Waals surface area contributed by atoms with Crippen molar-refractivity contribution in [3.63, 3.8) is 0 Å². The summed E-state index contributed by atoms with van der Waals surface area (Å²) in [5.41, 5.74) is 2.75. The van der Waals surface area contributed by atoms with Crippen LogP contribution >= 0.6 is 15.9 Å². The number of alkyl halides is 3. The lowest BCUT2D eigenvalue weighted by Gasteiger charge is -2.15. The molecule has 2 aromatic carbocycles. The summed E-state index contributed by atoms with van der Waals surface area (Å²) >= 11 is 3.42. The number of nitrogens with zero attached hydrogens (tertiary/aromatic N) is 2. The molecule has 1 heterocycles. The van der Waals surface area contributed by atoms with Gasteiger partial charge in [0.25, 0.3) is 0 Å². The van der Waals surface area contributed by atoms with E-state index < -0.39 is 11.7 Å². The lowest BCUT2D eigenvalue weighted by atomic mass is 10.2. The molecule has 10 heteroatoms. The summed E-state index contributed by atoms with van der Waals surface area (Å²) in [5, 5.41) is 4.00. The van der Waals surface area contributed by atoms with E-state index in [-0.39, 0.29) is 18.2 Å². The Morgan fingerprint density at radius 3 is 2.56 bits per heavy atom. The third-order valence-corrected chi connectivity index (χ3v) is 4.73. The van der Waals surface area contributed by atoms with Gasteiger partial charge in [0.1, 0.15) is 18.2 Å². The zero-order chi connectivity index (χ0) is 23.1. The van der Waals surface area contributed by atoms with Gasteiger partial charge in [-0.3, -0.25) is 5.43 Å². The molecule has 0 radical (unpaired) electrons. The summed E-state index contributed by atoms with van der Waals surface area (Å²) in [4.78, 5) is 3.69. The molecule has 1 aromatic heterocycles. The first-order valence-electron chi connectivity index (χ1n) is 9.42. The molecule has 0 unspecified atom stereocenters. The Balaban J connectivity index is 1.72. The second-order valence-corrected chi connectivity index (χ2v) is 7.30. The van der Waals surface area contributed by atoms with Gasteiger partial charge in [0.05, 0.1) is 22.9 Å². The Labute approximate surface area is 190 Å². The van der Waals surface area contributed by atoms with E-state index in [1.165, 1.54) is 18.3 Å². The molecule has 0 atom stereocenters. The average Bonchev–Trinajstić information content (AvgIpc) is 2.74. The first kappa shape index (κ1) is 23.5. The third kappa shape index (κ3) is 6.19. The molecule has 0 saturated carbocycles. The van der Waals surface area contributed by atoms with Crippen molar-refractivity contribution in [3.05, 3.63) is 81.7 Å². The lowest BCUT2D eigenvalue weighted by Crippen LogP contribution is -2.05. The monoisotopic (exact) mass is 511 g/mol. The van der Waals surface area contributed by atoms with Gasteiger partial charge in [-0.15, -0.1) is 0 Å². The number of hydrogen-bond acceptors (Lipinski definition) is 5. The second kappa shape index (κ2) is 10.4. The molecule has 0 fully saturated rings. The highest BCUT2D eigenvalue weighted by molar-refractivity contribution is 9.10. The van der Waals surface area contributed by atoms with Crippen LogP contribution in [0.5, 0.6) is 11.5 Å². The number of ether oxygens (including phenoxy) is 2. The van der Waals surface area contributed by atoms with E-state index in [1.807, 2.05) is 6.92 Å². The number of pyridine rings is 1. The molecule has 0 spiro atoms. The van der Waals surface area contributed by atoms with Crippen molar-refractivity contribution < 1.29 is 27.0 Å². The van der Waals surface area contributed by atoms with Crippen molar-refractivity contribution in [2.24, 2.45) is 5.10 Å². The third-order valence-electron chi connectivity index (χ3n) is 4.15. The number of hydrogen-bond donors (Lipinski definition) is 1. The number of halogens is 5. The van der Waals surface area contributed by atoms with Crippen LogP contribution in [0, 0.1) is 5.82 Å². The highest BCUT2D eigenvalue weighted by atomic mass is 79.9. The zero-order valence-electron chi connectivity index (χ0n) is 16.8. The van der Waals surface area contributed by atoms with E-state index in [4.69, 9.17) is 9.47 Å². The topological polar surface area (TPSA) is 55.7 Å². The molecule has 0 aliphatic carbocycles. The van der Waals surface area contributed by atoms with Gasteiger partial charge in [-0.2, -0.15) is 18.3 Å². The molecular weight excluding hydrogens is 494 g/mol. The van der Waals surface area contributed by atoms with E-state index >= 15 is 0 Å². The number of hydrazone groups is 1. The SMILES string of the molecule is CCOc1cc(/C=N\Nc2ccc(C(F)(F)F)cn2)cc(Br)c1OCc1ccccc1F. The Morgan fingerprint density at radius 2 is 1.91 bits per heavy atom. The molecule has 0 amide bonds. The Kier molecular flexibility index (Phi) is 7.68. The Hall–Kier alpha value is -3.14. The predicted molar refractivity (Wildman–Crippen MR) is 116 cm³/mol. The molecule has 3 rings (SSSR count). The number of rotatable bonds is 8. The fourth-order valence-corrected chi connectivity index (χ4v) is 3.21. The van der Waals surface area contributed by atoms with Gasteiger partial charge in [-0.1, -0.05) is 18.2 Å². The van der Waals surface area contributed by atoms with Crippen LogP contribution in [0.3, 0.4) is 0 Å². The molecule has 0 saturated heterocycles. The van der Waals surface area contributed by atoms with Gasteiger partial charge >= 0.3 is 6.18 Å². The maximum Gasteiger partial charge on any atom is 0.417 e. The van der Waals surface area contributed by atoms with E-state index in [9.17, 15) is 17.6 Å². The van der Waals surface area contributed by atoms with Crippen LogP contribution in [0.1, 0.15) is 23.6 Å². The predicted octanol–water partition coefficient (Wildman–Crippen LogP) is 6.43. The molecule has 0 bridgehead atoms. The summed E-state index contributed by atoms with van der Waals surface area (Å²) in [7, 11) is 0. The fraction of sp³-hybridized carbons (Fsp3) is 0.182. The van der Waals surface area contributed by atoms with Gasteiger partial charge < -0.3 is 9.47 Å². The standard InChI is InChI=1S/C22H18BrF4N3O2/c1-2-31-19-10-14(11-29-30-20-8-7-16(12-28-20)22(25,26)27)9-17(23)21(19)32-13-15-5-3-4-6-18(15)24/h3-12H,2,13H2,1H3,(H,28,30)/b29-11-. The van der Waals surface area contributed by atoms with Crippen LogP contribution < -0.4 is 14.9 Å². The van der Waals surface area contributed by atoms with Crippen LogP contribution in [0.4, 0.5) is 23.4 Å². The van der Waals surface area contributed by atoms with Crippen molar-refractivity contribution >= 4 is 28.0 Å². The highest BCUT2D eigenvalue weighted by Crippen LogP contribution is 2.37. The summed E-state index contributed by atoms with van der Waals surface area (Å²) < 4.78 is 63.6. The second-order valence-electron chi connectivity index (χ2n) is 6.44. The maximum atomic E-state index is 13.9. The van der Waals surface area contributed by atoms with E-state index in [0.717, 1.165) is 12.3 Å². The van der Waals surface area contributed by atoms with Crippen LogP contribution in [-0.4, -0.2) is 17.8 Å². The van der Waals surface area contributed by atoms with Gasteiger partial charge in [-0.05, 0) is 58.7 Å². The van der Waals surface area contributed by atoms with Crippen LogP contribution in [-0.2, 0) is 12.8 Å². The first-order chi connectivity index (χ1) is 15.3. The molecule has 3 aromatic rings. The summed E-state index contributed by atoms with van der Waals surface area (Å²) in [5.74, 6) is 0.619. The molecule has 5 nitrogen and oxygen atoms in total. The molecule has 32 heavy (non-hydrogen) atoms. The molecule has 0 aliphatic heterocycles.